The molecule has 7 nitrogen and oxygen atoms in total. The number of imidazole rings is 1. The lowest BCUT2D eigenvalue weighted by Crippen LogP contribution is -2.07. The van der Waals surface area contributed by atoms with Gasteiger partial charge in [-0.25, -0.2) is 14.8 Å². The molecule has 7 heteroatoms. The van der Waals surface area contributed by atoms with Gasteiger partial charge in [0.05, 0.1) is 6.54 Å². The summed E-state index contributed by atoms with van der Waals surface area (Å²) in [5, 5.41) is 3.99. The smallest absolute Gasteiger partial charge is 0.308 e. The molecule has 0 bridgehead atoms. The van der Waals surface area contributed by atoms with Gasteiger partial charge in [-0.2, -0.15) is 0 Å². The van der Waals surface area contributed by atoms with E-state index in [4.69, 9.17) is 14.5 Å². The van der Waals surface area contributed by atoms with E-state index >= 15 is 0 Å². The number of nitrogens with zero attached hydrogens (tertiary/aromatic N) is 4. The van der Waals surface area contributed by atoms with Crippen molar-refractivity contribution in [2.24, 2.45) is 0 Å². The maximum atomic E-state index is 11.7. The molecule has 190 valence electrons. The summed E-state index contributed by atoms with van der Waals surface area (Å²) < 4.78 is 7.17. The van der Waals surface area contributed by atoms with Crippen molar-refractivity contribution in [3.05, 3.63) is 110 Å². The highest BCUT2D eigenvalue weighted by Gasteiger charge is 2.31. The summed E-state index contributed by atoms with van der Waals surface area (Å²) in [7, 11) is 0. The van der Waals surface area contributed by atoms with E-state index in [-0.39, 0.29) is 0 Å². The number of rotatable bonds is 4. The Morgan fingerprint density at radius 3 is 2.61 bits per heavy atom. The molecule has 1 saturated carbocycles. The monoisotopic (exact) mass is 503 g/mol. The minimum atomic E-state index is -0.546. The van der Waals surface area contributed by atoms with Gasteiger partial charge in [-0.15, -0.1) is 0 Å². The Morgan fingerprint density at radius 2 is 1.82 bits per heavy atom. The Bertz CT molecular complexity index is 1820. The first kappa shape index (κ1) is 22.9. The predicted molar refractivity (Wildman–Crippen MR) is 147 cm³/mol. The Morgan fingerprint density at radius 1 is 1.03 bits per heavy atom. The fourth-order valence-electron chi connectivity index (χ4n) is 5.92. The second-order valence-electron chi connectivity index (χ2n) is 10.7. The molecular weight excluding hydrogens is 474 g/mol. The van der Waals surface area contributed by atoms with Crippen molar-refractivity contribution >= 4 is 22.3 Å². The van der Waals surface area contributed by atoms with Crippen LogP contribution in [0.4, 0.5) is 0 Å². The summed E-state index contributed by atoms with van der Waals surface area (Å²) in [4.78, 5) is 24.4. The zero-order valence-corrected chi connectivity index (χ0v) is 21.8. The van der Waals surface area contributed by atoms with Crippen LogP contribution in [0.1, 0.15) is 76.4 Å². The van der Waals surface area contributed by atoms with Gasteiger partial charge in [-0.1, -0.05) is 47.6 Å². The molecule has 0 saturated heterocycles. The van der Waals surface area contributed by atoms with Crippen LogP contribution in [0.3, 0.4) is 0 Å². The topological polar surface area (TPSA) is 89.6 Å². The van der Waals surface area contributed by atoms with Gasteiger partial charge in [0.25, 0.3) is 0 Å². The van der Waals surface area contributed by atoms with Gasteiger partial charge in [0.2, 0.25) is 0 Å². The summed E-state index contributed by atoms with van der Waals surface area (Å²) in [6.45, 7) is 6.92. The first-order valence-electron chi connectivity index (χ1n) is 13.3. The molecule has 0 atom stereocenters. The number of aryl methyl sites for hydroxylation is 4. The molecule has 1 fully saturated rings. The van der Waals surface area contributed by atoms with E-state index in [0.29, 0.717) is 11.7 Å². The average Bonchev–Trinajstić information content (AvgIpc) is 3.59. The van der Waals surface area contributed by atoms with Crippen LogP contribution in [0.25, 0.3) is 22.3 Å². The summed E-state index contributed by atoms with van der Waals surface area (Å²) in [5.41, 5.74) is 12.4. The fraction of sp³-hybridized carbons (Fsp3) is 0.290. The number of nitrogens with one attached hydrogen (secondary N) is 1. The molecule has 2 aliphatic carbocycles. The van der Waals surface area contributed by atoms with Crippen LogP contribution in [-0.4, -0.2) is 24.7 Å². The van der Waals surface area contributed by atoms with Crippen LogP contribution in [0.2, 0.25) is 0 Å². The molecule has 3 heterocycles. The number of aromatic amines is 1. The molecule has 1 N–H and O–H groups in total. The predicted octanol–water partition coefficient (Wildman–Crippen LogP) is 5.73. The van der Waals surface area contributed by atoms with E-state index in [0.717, 1.165) is 53.2 Å². The van der Waals surface area contributed by atoms with E-state index in [1.54, 1.807) is 0 Å². The SMILES string of the molecule is C/C(=C1/c2ccccc2CCc2cc(Cn3c(C4CC4)nc4c(C)cc(C)nc43)ccc21)c1noc(=O)[nH]1. The zero-order chi connectivity index (χ0) is 26.0. The van der Waals surface area contributed by atoms with Gasteiger partial charge in [0.15, 0.2) is 11.5 Å². The van der Waals surface area contributed by atoms with Gasteiger partial charge in [0, 0.05) is 17.2 Å². The van der Waals surface area contributed by atoms with Crippen molar-refractivity contribution < 1.29 is 4.52 Å². The van der Waals surface area contributed by atoms with Crippen LogP contribution in [0.5, 0.6) is 0 Å². The number of aromatic nitrogens is 5. The van der Waals surface area contributed by atoms with Crippen LogP contribution >= 0.6 is 0 Å². The second-order valence-corrected chi connectivity index (χ2v) is 10.7. The summed E-state index contributed by atoms with van der Waals surface area (Å²) in [6, 6.07) is 17.4. The lowest BCUT2D eigenvalue weighted by molar-refractivity contribution is 0.385. The Kier molecular flexibility index (Phi) is 5.21. The van der Waals surface area contributed by atoms with E-state index < -0.39 is 5.76 Å². The van der Waals surface area contributed by atoms with Gasteiger partial charge in [0.1, 0.15) is 11.3 Å². The van der Waals surface area contributed by atoms with Crippen LogP contribution in [0, 0.1) is 13.8 Å². The Hall–Kier alpha value is -4.26. The summed E-state index contributed by atoms with van der Waals surface area (Å²) in [6.07, 6.45) is 4.27. The Balaban J connectivity index is 1.36. The van der Waals surface area contributed by atoms with Crippen molar-refractivity contribution in [2.75, 3.05) is 0 Å². The fourth-order valence-corrected chi connectivity index (χ4v) is 5.92. The molecule has 2 aromatic carbocycles. The maximum Gasteiger partial charge on any atom is 0.439 e. The van der Waals surface area contributed by atoms with Crippen molar-refractivity contribution in [2.45, 2.75) is 58.9 Å². The molecule has 0 unspecified atom stereocenters. The van der Waals surface area contributed by atoms with Crippen LogP contribution in [0.15, 0.2) is 57.8 Å². The molecule has 2 aliphatic rings. The minimum absolute atomic E-state index is 0.465. The summed E-state index contributed by atoms with van der Waals surface area (Å²) in [5.74, 6) is 1.61. The van der Waals surface area contributed by atoms with Crippen molar-refractivity contribution in [3.63, 3.8) is 0 Å². The molecular formula is C31H29N5O2. The standard InChI is InChI=1S/C31H29N5O2/c1-17-14-18(2)32-30-27(17)33-29(22-10-11-22)36(30)16-20-8-13-25-23(15-20)12-9-21-6-4-5-7-24(21)26(25)19(3)28-34-31(37)38-35-28/h4-8,13-15,22H,9-12,16H2,1-3H3,(H,34,35,37)/b26-19+. The van der Waals surface area contributed by atoms with Crippen molar-refractivity contribution in [3.8, 4) is 0 Å². The zero-order valence-electron chi connectivity index (χ0n) is 21.8. The molecule has 0 radical (unpaired) electrons. The van der Waals surface area contributed by atoms with Crippen molar-refractivity contribution in [1.29, 1.82) is 0 Å². The van der Waals surface area contributed by atoms with E-state index in [1.807, 2.05) is 6.92 Å². The number of pyridine rings is 1. The highest BCUT2D eigenvalue weighted by atomic mass is 16.5. The molecule has 3 aromatic heterocycles. The molecule has 0 spiro atoms. The number of benzene rings is 2. The third-order valence-electron chi connectivity index (χ3n) is 7.89. The molecule has 7 rings (SSSR count). The van der Waals surface area contributed by atoms with Crippen LogP contribution in [-0.2, 0) is 19.4 Å². The highest BCUT2D eigenvalue weighted by molar-refractivity contribution is 5.98. The van der Waals surface area contributed by atoms with Gasteiger partial charge in [-0.3, -0.25) is 9.51 Å². The second kappa shape index (κ2) is 8.65. The van der Waals surface area contributed by atoms with Gasteiger partial charge in [-0.05, 0) is 91.5 Å². The highest BCUT2D eigenvalue weighted by Crippen LogP contribution is 2.42. The quantitative estimate of drug-likeness (QED) is 0.338. The number of fused-ring (bicyclic) bond motifs is 3. The minimum Gasteiger partial charge on any atom is -0.308 e. The van der Waals surface area contributed by atoms with E-state index in [2.05, 4.69) is 77.1 Å². The van der Waals surface area contributed by atoms with Gasteiger partial charge < -0.3 is 4.57 Å². The Labute approximate surface area is 220 Å². The van der Waals surface area contributed by atoms with Gasteiger partial charge >= 0.3 is 5.76 Å². The molecule has 5 aromatic rings. The number of H-pyrrole nitrogens is 1. The molecule has 0 amide bonds. The largest absolute Gasteiger partial charge is 0.439 e. The summed E-state index contributed by atoms with van der Waals surface area (Å²) >= 11 is 0. The number of hydrogen-bond acceptors (Lipinski definition) is 5. The average molecular weight is 504 g/mol. The maximum absolute atomic E-state index is 11.7. The first-order valence-corrected chi connectivity index (χ1v) is 13.3. The number of allylic oxidation sites excluding steroid dienone is 1. The first-order chi connectivity index (χ1) is 18.5. The van der Waals surface area contributed by atoms with Crippen molar-refractivity contribution in [1.82, 2.24) is 24.7 Å². The number of hydrogen-bond donors (Lipinski definition) is 1. The molecule has 38 heavy (non-hydrogen) atoms. The third kappa shape index (κ3) is 3.81. The van der Waals surface area contributed by atoms with E-state index in [9.17, 15) is 4.79 Å². The van der Waals surface area contributed by atoms with E-state index in [1.165, 1.54) is 46.2 Å². The molecule has 0 aliphatic heterocycles. The lowest BCUT2D eigenvalue weighted by Gasteiger charge is -2.16. The normalized spacial score (nSPS) is 16.3. The lowest BCUT2D eigenvalue weighted by atomic mass is 9.89. The third-order valence-corrected chi connectivity index (χ3v) is 7.89. The van der Waals surface area contributed by atoms with Crippen LogP contribution < -0.4 is 5.76 Å².